The van der Waals surface area contributed by atoms with Gasteiger partial charge < -0.3 is 5.11 Å². The summed E-state index contributed by atoms with van der Waals surface area (Å²) in [6, 6.07) is 12.2. The molecule has 2 heterocycles. The lowest BCUT2D eigenvalue weighted by atomic mass is 9.95. The number of hydrogen-bond acceptors (Lipinski definition) is 4. The zero-order valence-corrected chi connectivity index (χ0v) is 17.4. The van der Waals surface area contributed by atoms with Crippen LogP contribution >= 0.6 is 0 Å². The largest absolute Gasteiger partial charge is 0.507 e. The van der Waals surface area contributed by atoms with Crippen molar-refractivity contribution in [3.63, 3.8) is 0 Å². The first-order chi connectivity index (χ1) is 14.8. The van der Waals surface area contributed by atoms with E-state index in [1.807, 2.05) is 26.0 Å². The van der Waals surface area contributed by atoms with Gasteiger partial charge in [0.15, 0.2) is 0 Å². The monoisotopic (exact) mass is 416 g/mol. The Morgan fingerprint density at radius 1 is 0.935 bits per heavy atom. The van der Waals surface area contributed by atoms with Crippen molar-refractivity contribution in [3.05, 3.63) is 100 Å². The first kappa shape index (κ1) is 20.5. The van der Waals surface area contributed by atoms with Gasteiger partial charge in [-0.2, -0.15) is 0 Å². The number of ketones is 1. The maximum atomic E-state index is 13.7. The van der Waals surface area contributed by atoms with Gasteiger partial charge in [0.2, 0.25) is 0 Å². The number of amides is 1. The maximum Gasteiger partial charge on any atom is 0.300 e. The van der Waals surface area contributed by atoms with Crippen LogP contribution < -0.4 is 4.90 Å². The first-order valence-electron chi connectivity index (χ1n) is 9.84. The first-order valence-corrected chi connectivity index (χ1v) is 9.84. The van der Waals surface area contributed by atoms with Crippen molar-refractivity contribution in [1.82, 2.24) is 4.98 Å². The van der Waals surface area contributed by atoms with Crippen molar-refractivity contribution >= 4 is 23.1 Å². The number of rotatable bonds is 3. The summed E-state index contributed by atoms with van der Waals surface area (Å²) in [4.78, 5) is 31.6. The Morgan fingerprint density at radius 2 is 1.65 bits per heavy atom. The van der Waals surface area contributed by atoms with Gasteiger partial charge in [-0.05, 0) is 85.5 Å². The number of nitrogens with zero attached hydrogens (tertiary/aromatic N) is 2. The molecule has 31 heavy (non-hydrogen) atoms. The topological polar surface area (TPSA) is 70.5 Å². The Hall–Kier alpha value is -3.80. The Labute approximate surface area is 179 Å². The lowest BCUT2D eigenvalue weighted by molar-refractivity contribution is -0.132. The van der Waals surface area contributed by atoms with Crippen molar-refractivity contribution in [3.8, 4) is 0 Å². The molecule has 1 aromatic heterocycles. The van der Waals surface area contributed by atoms with Gasteiger partial charge in [0, 0.05) is 23.6 Å². The molecule has 0 aliphatic carbocycles. The fourth-order valence-electron chi connectivity index (χ4n) is 3.78. The maximum absolute atomic E-state index is 13.7. The average Bonchev–Trinajstić information content (AvgIpc) is 3.03. The number of carbonyl (C=O) groups excluding carboxylic acids is 2. The van der Waals surface area contributed by atoms with E-state index in [1.54, 1.807) is 37.5 Å². The van der Waals surface area contributed by atoms with Crippen LogP contribution in [0.2, 0.25) is 0 Å². The second-order valence-electron chi connectivity index (χ2n) is 7.68. The molecule has 1 atom stereocenters. The molecule has 1 fully saturated rings. The van der Waals surface area contributed by atoms with Crippen molar-refractivity contribution in [1.29, 1.82) is 0 Å². The van der Waals surface area contributed by atoms with Crippen LogP contribution in [-0.2, 0) is 9.59 Å². The summed E-state index contributed by atoms with van der Waals surface area (Å²) in [7, 11) is 0. The van der Waals surface area contributed by atoms with Gasteiger partial charge in [-0.15, -0.1) is 0 Å². The van der Waals surface area contributed by atoms with Crippen LogP contribution in [0.3, 0.4) is 0 Å². The molecule has 1 amide bonds. The summed E-state index contributed by atoms with van der Waals surface area (Å²) >= 11 is 0. The molecule has 1 aliphatic rings. The number of aliphatic hydroxyl groups is 1. The highest BCUT2D eigenvalue weighted by Crippen LogP contribution is 2.42. The molecule has 6 heteroatoms. The van der Waals surface area contributed by atoms with Crippen LogP contribution in [0.1, 0.15) is 33.9 Å². The molecule has 1 unspecified atom stereocenters. The lowest BCUT2D eigenvalue weighted by Crippen LogP contribution is -2.29. The predicted molar refractivity (Wildman–Crippen MR) is 116 cm³/mol. The number of aromatic nitrogens is 1. The van der Waals surface area contributed by atoms with Gasteiger partial charge in [-0.25, -0.2) is 4.39 Å². The van der Waals surface area contributed by atoms with Crippen LogP contribution in [0, 0.1) is 26.6 Å². The SMILES string of the molecule is Cc1ccc(N2C(=O)C(=O)/C(=C(/O)c3ccc(F)c(C)c3)C2c2ccncc2)cc1C. The standard InChI is InChI=1S/C25H21FN2O3/c1-14-4-6-19(13-15(14)2)28-22(17-8-10-27-11-9-17)21(24(30)25(28)31)23(29)18-5-7-20(26)16(3)12-18/h4-13,22,29H,1-3H3/b23-21+. The summed E-state index contributed by atoms with van der Waals surface area (Å²) < 4.78 is 13.7. The molecule has 4 rings (SSSR count). The number of anilines is 1. The smallest absolute Gasteiger partial charge is 0.300 e. The van der Waals surface area contributed by atoms with Gasteiger partial charge in [-0.1, -0.05) is 6.07 Å². The second kappa shape index (κ2) is 7.80. The second-order valence-corrected chi connectivity index (χ2v) is 7.68. The van der Waals surface area contributed by atoms with Crippen molar-refractivity contribution in [2.45, 2.75) is 26.8 Å². The predicted octanol–water partition coefficient (Wildman–Crippen LogP) is 4.77. The van der Waals surface area contributed by atoms with E-state index in [4.69, 9.17) is 0 Å². The van der Waals surface area contributed by atoms with Crippen LogP contribution in [0.15, 0.2) is 66.5 Å². The minimum absolute atomic E-state index is 0.0413. The Balaban J connectivity index is 1.95. The molecule has 1 N–H and O–H groups in total. The molecule has 0 bridgehead atoms. The molecular weight excluding hydrogens is 395 g/mol. The van der Waals surface area contributed by atoms with Crippen molar-refractivity contribution < 1.29 is 19.1 Å². The minimum Gasteiger partial charge on any atom is -0.507 e. The summed E-state index contributed by atoms with van der Waals surface area (Å²) in [5.74, 6) is -2.28. The number of Topliss-reactive ketones (excluding diaryl/α,β-unsaturated/α-hetero) is 1. The summed E-state index contributed by atoms with van der Waals surface area (Å²) in [5.41, 5.74) is 3.78. The van der Waals surface area contributed by atoms with E-state index < -0.39 is 23.5 Å². The third-order valence-electron chi connectivity index (χ3n) is 5.67. The molecule has 2 aromatic carbocycles. The van der Waals surface area contributed by atoms with Crippen LogP contribution in [-0.4, -0.2) is 21.8 Å². The zero-order valence-electron chi connectivity index (χ0n) is 17.4. The van der Waals surface area contributed by atoms with Gasteiger partial charge in [0.1, 0.15) is 11.6 Å². The third kappa shape index (κ3) is 3.50. The number of benzene rings is 2. The minimum atomic E-state index is -0.838. The van der Waals surface area contributed by atoms with E-state index >= 15 is 0 Å². The van der Waals surface area contributed by atoms with Crippen molar-refractivity contribution in [2.75, 3.05) is 4.90 Å². The van der Waals surface area contributed by atoms with Gasteiger partial charge >= 0.3 is 0 Å². The number of aliphatic hydroxyl groups excluding tert-OH is 1. The van der Waals surface area contributed by atoms with E-state index in [1.165, 1.54) is 23.1 Å². The highest BCUT2D eigenvalue weighted by Gasteiger charge is 2.47. The number of hydrogen-bond donors (Lipinski definition) is 1. The Morgan fingerprint density at radius 3 is 2.29 bits per heavy atom. The van der Waals surface area contributed by atoms with Crippen LogP contribution in [0.5, 0.6) is 0 Å². The number of halogens is 1. The summed E-state index contributed by atoms with van der Waals surface area (Å²) in [6.45, 7) is 5.46. The number of aryl methyl sites for hydroxylation is 3. The average molecular weight is 416 g/mol. The summed E-state index contributed by atoms with van der Waals surface area (Å²) in [6.07, 6.45) is 3.13. The lowest BCUT2D eigenvalue weighted by Gasteiger charge is -2.26. The fourth-order valence-corrected chi connectivity index (χ4v) is 3.78. The third-order valence-corrected chi connectivity index (χ3v) is 5.67. The van der Waals surface area contributed by atoms with Gasteiger partial charge in [0.25, 0.3) is 11.7 Å². The molecule has 5 nitrogen and oxygen atoms in total. The zero-order chi connectivity index (χ0) is 22.3. The fraction of sp³-hybridized carbons (Fsp3) is 0.160. The van der Waals surface area contributed by atoms with E-state index in [0.717, 1.165) is 11.1 Å². The van der Waals surface area contributed by atoms with E-state index in [9.17, 15) is 19.1 Å². The molecule has 0 radical (unpaired) electrons. The van der Waals surface area contributed by atoms with E-state index in [2.05, 4.69) is 4.98 Å². The van der Waals surface area contributed by atoms with Gasteiger partial charge in [-0.3, -0.25) is 19.5 Å². The Bertz CT molecular complexity index is 1230. The number of carbonyl (C=O) groups is 2. The quantitative estimate of drug-likeness (QED) is 0.379. The highest BCUT2D eigenvalue weighted by molar-refractivity contribution is 6.51. The number of pyridine rings is 1. The normalized spacial score (nSPS) is 17.9. The highest BCUT2D eigenvalue weighted by atomic mass is 19.1. The van der Waals surface area contributed by atoms with Crippen LogP contribution in [0.25, 0.3) is 5.76 Å². The molecule has 3 aromatic rings. The Kier molecular flexibility index (Phi) is 5.15. The van der Waals surface area contributed by atoms with Crippen LogP contribution in [0.4, 0.5) is 10.1 Å². The molecular formula is C25H21FN2O3. The molecule has 0 saturated carbocycles. The van der Waals surface area contributed by atoms with Gasteiger partial charge in [0.05, 0.1) is 11.6 Å². The van der Waals surface area contributed by atoms with Crippen molar-refractivity contribution in [2.24, 2.45) is 0 Å². The molecule has 156 valence electrons. The summed E-state index contributed by atoms with van der Waals surface area (Å²) in [5, 5.41) is 11.1. The molecule has 1 saturated heterocycles. The van der Waals surface area contributed by atoms with E-state index in [-0.39, 0.29) is 16.9 Å². The van der Waals surface area contributed by atoms with E-state index in [0.29, 0.717) is 16.8 Å². The molecule has 0 spiro atoms. The molecule has 1 aliphatic heterocycles.